The van der Waals surface area contributed by atoms with E-state index in [-0.39, 0.29) is 5.41 Å². The highest BCUT2D eigenvalue weighted by atomic mass is 16.4. The van der Waals surface area contributed by atoms with Gasteiger partial charge in [-0.15, -0.1) is 10.9 Å². The van der Waals surface area contributed by atoms with Crippen LogP contribution in [-0.4, -0.2) is 11.4 Å². The van der Waals surface area contributed by atoms with Crippen molar-refractivity contribution in [1.82, 2.24) is 0 Å². The second-order valence-corrected chi connectivity index (χ2v) is 4.22. The van der Waals surface area contributed by atoms with Gasteiger partial charge in [0.2, 0.25) is 0 Å². The Morgan fingerprint density at radius 2 is 2.07 bits per heavy atom. The Labute approximate surface area is 93.4 Å². The molecule has 0 aliphatic heterocycles. The molecule has 2 nitrogen and oxygen atoms in total. The zero-order valence-corrected chi connectivity index (χ0v) is 10.4. The van der Waals surface area contributed by atoms with Gasteiger partial charge in [-0.2, -0.15) is 0 Å². The van der Waals surface area contributed by atoms with Gasteiger partial charge < -0.3 is 5.21 Å². The zero-order valence-electron chi connectivity index (χ0n) is 10.4. The molecule has 0 radical (unpaired) electrons. The molecule has 0 spiro atoms. The van der Waals surface area contributed by atoms with E-state index in [2.05, 4.69) is 24.7 Å². The zero-order chi connectivity index (χ0) is 11.7. The van der Waals surface area contributed by atoms with E-state index in [9.17, 15) is 0 Å². The van der Waals surface area contributed by atoms with Gasteiger partial charge in [0.1, 0.15) is 0 Å². The largest absolute Gasteiger partial charge is 0.411 e. The summed E-state index contributed by atoms with van der Waals surface area (Å²) in [6.45, 7) is 8.32. The van der Waals surface area contributed by atoms with Crippen molar-refractivity contribution in [2.24, 2.45) is 10.6 Å². The molecule has 86 valence electrons. The minimum Gasteiger partial charge on any atom is -0.411 e. The third-order valence-electron chi connectivity index (χ3n) is 2.62. The third-order valence-corrected chi connectivity index (χ3v) is 2.62. The fraction of sp³-hybridized carbons (Fsp3) is 0.692. The van der Waals surface area contributed by atoms with E-state index in [0.717, 1.165) is 31.3 Å². The van der Waals surface area contributed by atoms with Crippen molar-refractivity contribution in [2.75, 3.05) is 0 Å². The molecule has 0 aliphatic carbocycles. The lowest BCUT2D eigenvalue weighted by Gasteiger charge is -2.22. The first kappa shape index (κ1) is 14.0. The molecule has 0 bridgehead atoms. The molecular weight excluding hydrogens is 186 g/mol. The first-order valence-corrected chi connectivity index (χ1v) is 5.70. The van der Waals surface area contributed by atoms with Crippen molar-refractivity contribution in [3.8, 4) is 0 Å². The first-order valence-electron chi connectivity index (χ1n) is 5.70. The maximum Gasteiger partial charge on any atom is 0.0541 e. The normalized spacial score (nSPS) is 14.7. The Balaban J connectivity index is 4.88. The van der Waals surface area contributed by atoms with E-state index < -0.39 is 0 Å². The minimum atomic E-state index is -0.123. The SMILES string of the molecule is CCCC[C@@](C=C=C(C)C)(/C=N\O)CC. The molecule has 1 atom stereocenters. The third kappa shape index (κ3) is 5.44. The lowest BCUT2D eigenvalue weighted by molar-refractivity contribution is 0.311. The van der Waals surface area contributed by atoms with Crippen molar-refractivity contribution in [3.05, 3.63) is 17.4 Å². The molecule has 0 amide bonds. The number of hydrogen-bond donors (Lipinski definition) is 1. The summed E-state index contributed by atoms with van der Waals surface area (Å²) >= 11 is 0. The van der Waals surface area contributed by atoms with Gasteiger partial charge in [-0.05, 0) is 38.3 Å². The smallest absolute Gasteiger partial charge is 0.0541 e. The molecule has 0 unspecified atom stereocenters. The lowest BCUT2D eigenvalue weighted by Crippen LogP contribution is -2.18. The van der Waals surface area contributed by atoms with Crippen LogP contribution in [0.4, 0.5) is 0 Å². The van der Waals surface area contributed by atoms with Crippen molar-refractivity contribution in [1.29, 1.82) is 0 Å². The highest BCUT2D eigenvalue weighted by molar-refractivity contribution is 5.67. The summed E-state index contributed by atoms with van der Waals surface area (Å²) in [5.41, 5.74) is 4.25. The predicted molar refractivity (Wildman–Crippen MR) is 65.5 cm³/mol. The summed E-state index contributed by atoms with van der Waals surface area (Å²) in [7, 11) is 0. The molecule has 0 aromatic heterocycles. The van der Waals surface area contributed by atoms with Crippen LogP contribution in [-0.2, 0) is 0 Å². The Bertz CT molecular complexity index is 258. The summed E-state index contributed by atoms with van der Waals surface area (Å²) in [5, 5.41) is 11.9. The molecule has 15 heavy (non-hydrogen) atoms. The fourth-order valence-electron chi connectivity index (χ4n) is 1.45. The number of rotatable bonds is 6. The minimum absolute atomic E-state index is 0.123. The van der Waals surface area contributed by atoms with Crippen LogP contribution in [0.2, 0.25) is 0 Å². The van der Waals surface area contributed by atoms with Crippen LogP contribution in [0.25, 0.3) is 0 Å². The van der Waals surface area contributed by atoms with Crippen LogP contribution in [0.1, 0.15) is 53.4 Å². The summed E-state index contributed by atoms with van der Waals surface area (Å²) in [5.74, 6) is 0. The first-order chi connectivity index (χ1) is 7.10. The summed E-state index contributed by atoms with van der Waals surface area (Å²) in [4.78, 5) is 0. The van der Waals surface area contributed by atoms with Gasteiger partial charge >= 0.3 is 0 Å². The Morgan fingerprint density at radius 3 is 2.47 bits per heavy atom. The van der Waals surface area contributed by atoms with Crippen molar-refractivity contribution >= 4 is 6.21 Å². The second-order valence-electron chi connectivity index (χ2n) is 4.22. The van der Waals surface area contributed by atoms with Crippen molar-refractivity contribution in [2.45, 2.75) is 53.4 Å². The average Bonchev–Trinajstić information content (AvgIpc) is 2.22. The Morgan fingerprint density at radius 1 is 1.40 bits per heavy atom. The summed E-state index contributed by atoms with van der Waals surface area (Å²) < 4.78 is 0. The van der Waals surface area contributed by atoms with Crippen LogP contribution in [0.5, 0.6) is 0 Å². The summed E-state index contributed by atoms with van der Waals surface area (Å²) in [6, 6.07) is 0. The number of unbranched alkanes of at least 4 members (excludes halogenated alkanes) is 1. The second kappa shape index (κ2) is 7.30. The lowest BCUT2D eigenvalue weighted by atomic mass is 9.81. The van der Waals surface area contributed by atoms with E-state index >= 15 is 0 Å². The number of nitrogens with zero attached hydrogens (tertiary/aromatic N) is 1. The molecule has 0 saturated heterocycles. The summed E-state index contributed by atoms with van der Waals surface area (Å²) in [6.07, 6.45) is 7.93. The van der Waals surface area contributed by atoms with E-state index in [1.54, 1.807) is 6.21 Å². The molecule has 0 aromatic carbocycles. The van der Waals surface area contributed by atoms with Gasteiger partial charge in [0.15, 0.2) is 0 Å². The van der Waals surface area contributed by atoms with Crippen LogP contribution in [0.3, 0.4) is 0 Å². The average molecular weight is 209 g/mol. The quantitative estimate of drug-likeness (QED) is 0.303. The van der Waals surface area contributed by atoms with Crippen LogP contribution >= 0.6 is 0 Å². The van der Waals surface area contributed by atoms with Crippen LogP contribution in [0, 0.1) is 5.41 Å². The molecule has 0 fully saturated rings. The van der Waals surface area contributed by atoms with Crippen molar-refractivity contribution < 1.29 is 5.21 Å². The van der Waals surface area contributed by atoms with Gasteiger partial charge in [-0.25, -0.2) is 0 Å². The molecular formula is C13H23NO. The highest BCUT2D eigenvalue weighted by Crippen LogP contribution is 2.28. The van der Waals surface area contributed by atoms with Crippen LogP contribution in [0.15, 0.2) is 22.5 Å². The molecule has 1 N–H and O–H groups in total. The van der Waals surface area contributed by atoms with Crippen LogP contribution < -0.4 is 0 Å². The molecule has 0 aromatic rings. The van der Waals surface area contributed by atoms with Gasteiger partial charge in [-0.3, -0.25) is 0 Å². The van der Waals surface area contributed by atoms with E-state index in [1.807, 2.05) is 19.9 Å². The maximum atomic E-state index is 8.71. The van der Waals surface area contributed by atoms with E-state index in [4.69, 9.17) is 5.21 Å². The topological polar surface area (TPSA) is 32.6 Å². The van der Waals surface area contributed by atoms with E-state index in [0.29, 0.717) is 0 Å². The molecule has 0 rings (SSSR count). The number of allylic oxidation sites excluding steroid dienone is 1. The number of oxime groups is 1. The van der Waals surface area contributed by atoms with E-state index in [1.165, 1.54) is 0 Å². The highest BCUT2D eigenvalue weighted by Gasteiger charge is 2.22. The fourth-order valence-corrected chi connectivity index (χ4v) is 1.45. The molecule has 0 heterocycles. The Kier molecular flexibility index (Phi) is 6.81. The standard InChI is InChI=1S/C13H23NO/c1-5-7-9-13(6-2,11-14-15)10-8-12(3)4/h10-11,15H,5-7,9H2,1-4H3/b14-11-/t13-/m0/s1. The molecule has 0 saturated carbocycles. The number of hydrogen-bond acceptors (Lipinski definition) is 2. The van der Waals surface area contributed by atoms with Gasteiger partial charge in [0.25, 0.3) is 0 Å². The molecule has 0 aliphatic rings. The molecule has 2 heteroatoms. The predicted octanol–water partition coefficient (Wildman–Crippen LogP) is 4.15. The van der Waals surface area contributed by atoms with Gasteiger partial charge in [0.05, 0.1) is 6.21 Å². The van der Waals surface area contributed by atoms with Gasteiger partial charge in [0, 0.05) is 5.41 Å². The van der Waals surface area contributed by atoms with Gasteiger partial charge in [-0.1, -0.05) is 26.7 Å². The Hall–Kier alpha value is -1.01. The maximum absolute atomic E-state index is 8.71. The van der Waals surface area contributed by atoms with Crippen molar-refractivity contribution in [3.63, 3.8) is 0 Å². The monoisotopic (exact) mass is 209 g/mol.